The van der Waals surface area contributed by atoms with Crippen molar-refractivity contribution < 1.29 is 4.79 Å². The molecule has 0 aromatic heterocycles. The zero-order valence-corrected chi connectivity index (χ0v) is 13.8. The van der Waals surface area contributed by atoms with E-state index in [-0.39, 0.29) is 43.3 Å². The number of hydrogen-bond donors (Lipinski definition) is 0. The highest BCUT2D eigenvalue weighted by Gasteiger charge is 2.45. The molecule has 0 bridgehead atoms. The van der Waals surface area contributed by atoms with Crippen LogP contribution in [0.1, 0.15) is 28.3 Å². The molecule has 2 aromatic rings. The van der Waals surface area contributed by atoms with Crippen LogP contribution in [-0.2, 0) is 0 Å². The molecule has 0 radical (unpaired) electrons. The molecule has 1 aliphatic carbocycles. The fourth-order valence-corrected chi connectivity index (χ4v) is 3.63. The number of rotatable bonds is 3. The van der Waals surface area contributed by atoms with Gasteiger partial charge in [-0.2, -0.15) is 0 Å². The number of halogens is 4. The monoisotopic (exact) mass is 358 g/mol. The number of Topliss-reactive ketones (excluding diaryl/α,β-unsaturated/α-hetero) is 1. The zero-order chi connectivity index (χ0) is 15.1. The third kappa shape index (κ3) is 2.80. The van der Waals surface area contributed by atoms with Crippen LogP contribution >= 0.6 is 46.4 Å². The lowest BCUT2D eigenvalue weighted by Gasteiger charge is -2.09. The summed E-state index contributed by atoms with van der Waals surface area (Å²) in [5.74, 6) is 0.0531. The summed E-state index contributed by atoms with van der Waals surface area (Å²) in [6.07, 6.45) is 0.801. The molecule has 0 saturated heterocycles. The third-order valence-corrected chi connectivity index (χ3v) is 5.28. The lowest BCUT2D eigenvalue weighted by Crippen LogP contribution is -2.05. The molecule has 1 aliphatic rings. The van der Waals surface area contributed by atoms with E-state index in [1.165, 1.54) is 6.07 Å². The van der Waals surface area contributed by atoms with Gasteiger partial charge in [0.2, 0.25) is 0 Å². The van der Waals surface area contributed by atoms with E-state index in [1.54, 1.807) is 0 Å². The van der Waals surface area contributed by atoms with Gasteiger partial charge >= 0.3 is 0 Å². The minimum atomic E-state index is -0.0976. The molecule has 2 aromatic carbocycles. The summed E-state index contributed by atoms with van der Waals surface area (Å²) >= 11 is 24.2. The molecular formula is C16H10Cl4O. The van der Waals surface area contributed by atoms with E-state index in [9.17, 15) is 4.79 Å². The van der Waals surface area contributed by atoms with Gasteiger partial charge in [-0.25, -0.2) is 0 Å². The molecule has 1 nitrogen and oxygen atoms in total. The Morgan fingerprint density at radius 2 is 1.62 bits per heavy atom. The van der Waals surface area contributed by atoms with Crippen LogP contribution in [0.2, 0.25) is 20.1 Å². The smallest absolute Gasteiger partial charge is 0.169 e. The number of benzene rings is 2. The topological polar surface area (TPSA) is 17.1 Å². The minimum absolute atomic E-state index is 0.0718. The van der Waals surface area contributed by atoms with Gasteiger partial charge in [-0.15, -0.1) is 0 Å². The predicted octanol–water partition coefficient (Wildman–Crippen LogP) is 6.29. The van der Waals surface area contributed by atoms with Gasteiger partial charge in [0, 0.05) is 5.92 Å². The van der Waals surface area contributed by atoms with Crippen LogP contribution in [0.25, 0.3) is 0 Å². The van der Waals surface area contributed by atoms with E-state index in [0.717, 1.165) is 12.0 Å². The quantitative estimate of drug-likeness (QED) is 0.357. The molecule has 3 rings (SSSR count). The Bertz CT molecular complexity index is 712. The van der Waals surface area contributed by atoms with Crippen molar-refractivity contribution in [2.45, 2.75) is 12.3 Å². The average molecular weight is 360 g/mol. The van der Waals surface area contributed by atoms with Gasteiger partial charge in [0.25, 0.3) is 0 Å². The maximum atomic E-state index is 12.6. The van der Waals surface area contributed by atoms with Crippen LogP contribution < -0.4 is 0 Å². The molecule has 5 heteroatoms. The van der Waals surface area contributed by atoms with Gasteiger partial charge in [0.15, 0.2) is 5.78 Å². The predicted molar refractivity (Wildman–Crippen MR) is 88.1 cm³/mol. The molecule has 2 unspecified atom stereocenters. The summed E-state index contributed by atoms with van der Waals surface area (Å²) in [4.78, 5) is 12.6. The normalized spacial score (nSPS) is 20.4. The van der Waals surface area contributed by atoms with Crippen LogP contribution in [0, 0.1) is 5.92 Å². The maximum absolute atomic E-state index is 12.6. The Balaban J connectivity index is 1.90. The number of carbonyl (C=O) groups is 1. The lowest BCUT2D eigenvalue weighted by molar-refractivity contribution is 0.0965. The Hall–Kier alpha value is -0.730. The molecule has 0 N–H and O–H groups in total. The van der Waals surface area contributed by atoms with Crippen molar-refractivity contribution >= 4 is 52.2 Å². The first kappa shape index (κ1) is 15.2. The van der Waals surface area contributed by atoms with E-state index < -0.39 is 0 Å². The first-order valence-electron chi connectivity index (χ1n) is 6.43. The fraction of sp³-hybridized carbons (Fsp3) is 0.188. The Kier molecular flexibility index (Phi) is 4.20. The van der Waals surface area contributed by atoms with Crippen molar-refractivity contribution in [1.29, 1.82) is 0 Å². The van der Waals surface area contributed by atoms with Crippen molar-refractivity contribution in [2.24, 2.45) is 5.92 Å². The van der Waals surface area contributed by atoms with Gasteiger partial charge in [-0.05, 0) is 24.0 Å². The molecule has 2 atom stereocenters. The largest absolute Gasteiger partial charge is 0.294 e. The van der Waals surface area contributed by atoms with Gasteiger partial charge < -0.3 is 0 Å². The van der Waals surface area contributed by atoms with E-state index >= 15 is 0 Å². The molecule has 1 fully saturated rings. The summed E-state index contributed by atoms with van der Waals surface area (Å²) in [5, 5.41) is 0.803. The van der Waals surface area contributed by atoms with Crippen LogP contribution in [0.15, 0.2) is 36.4 Å². The first-order chi connectivity index (χ1) is 10.0. The van der Waals surface area contributed by atoms with Gasteiger partial charge in [-0.3, -0.25) is 4.79 Å². The van der Waals surface area contributed by atoms with Gasteiger partial charge in [-0.1, -0.05) is 76.7 Å². The van der Waals surface area contributed by atoms with Gasteiger partial charge in [0.1, 0.15) is 0 Å². The van der Waals surface area contributed by atoms with Crippen LogP contribution in [0.3, 0.4) is 0 Å². The Labute approximate surface area is 142 Å². The Morgan fingerprint density at radius 1 is 0.952 bits per heavy atom. The summed E-state index contributed by atoms with van der Waals surface area (Å²) in [6.45, 7) is 0. The molecule has 0 spiro atoms. The summed E-state index contributed by atoms with van der Waals surface area (Å²) in [7, 11) is 0. The second-order valence-electron chi connectivity index (χ2n) is 5.07. The summed E-state index contributed by atoms with van der Waals surface area (Å²) in [6, 6.07) is 11.4. The molecular weight excluding hydrogens is 350 g/mol. The van der Waals surface area contributed by atoms with Crippen molar-refractivity contribution in [1.82, 2.24) is 0 Å². The Morgan fingerprint density at radius 3 is 2.29 bits per heavy atom. The minimum Gasteiger partial charge on any atom is -0.294 e. The van der Waals surface area contributed by atoms with Crippen molar-refractivity contribution in [3.63, 3.8) is 0 Å². The van der Waals surface area contributed by atoms with Gasteiger partial charge in [0.05, 0.1) is 25.7 Å². The molecule has 0 heterocycles. The SMILES string of the molecule is O=C(c1c(Cl)cc(Cl)c(Cl)c1Cl)C1CC1c1ccccc1. The number of carbonyl (C=O) groups excluding carboxylic acids is 1. The van der Waals surface area contributed by atoms with E-state index in [0.29, 0.717) is 0 Å². The lowest BCUT2D eigenvalue weighted by atomic mass is 10.0. The van der Waals surface area contributed by atoms with Crippen molar-refractivity contribution in [3.8, 4) is 0 Å². The average Bonchev–Trinajstić information content (AvgIpc) is 3.26. The van der Waals surface area contributed by atoms with Crippen molar-refractivity contribution in [2.75, 3.05) is 0 Å². The zero-order valence-electron chi connectivity index (χ0n) is 10.7. The van der Waals surface area contributed by atoms with Crippen molar-refractivity contribution in [3.05, 3.63) is 67.6 Å². The van der Waals surface area contributed by atoms with Crippen LogP contribution in [0.5, 0.6) is 0 Å². The standard InChI is InChI=1S/C16H10Cl4O/c17-11-7-12(18)14(19)15(20)13(11)16(21)10-6-9(10)8-4-2-1-3-5-8/h1-5,7,9-10H,6H2. The fourth-order valence-electron chi connectivity index (χ4n) is 2.53. The highest BCUT2D eigenvalue weighted by molar-refractivity contribution is 6.51. The van der Waals surface area contributed by atoms with E-state index in [2.05, 4.69) is 0 Å². The highest BCUT2D eigenvalue weighted by Crippen LogP contribution is 2.51. The van der Waals surface area contributed by atoms with Crippen LogP contribution in [-0.4, -0.2) is 5.78 Å². The molecule has 0 aliphatic heterocycles. The van der Waals surface area contributed by atoms with E-state index in [4.69, 9.17) is 46.4 Å². The second-order valence-corrected chi connectivity index (χ2v) is 6.64. The molecule has 108 valence electrons. The number of ketones is 1. The number of hydrogen-bond acceptors (Lipinski definition) is 1. The summed E-state index contributed by atoms with van der Waals surface area (Å²) < 4.78 is 0. The highest BCUT2D eigenvalue weighted by atomic mass is 35.5. The third-order valence-electron chi connectivity index (χ3n) is 3.72. The molecule has 0 amide bonds. The molecule has 1 saturated carbocycles. The molecule has 21 heavy (non-hydrogen) atoms. The second kappa shape index (κ2) is 5.81. The first-order valence-corrected chi connectivity index (χ1v) is 7.94. The maximum Gasteiger partial charge on any atom is 0.169 e. The van der Waals surface area contributed by atoms with E-state index in [1.807, 2.05) is 30.3 Å². The van der Waals surface area contributed by atoms with Crippen LogP contribution in [0.4, 0.5) is 0 Å². The summed E-state index contributed by atoms with van der Waals surface area (Å²) in [5.41, 5.74) is 1.43.